The van der Waals surface area contributed by atoms with E-state index < -0.39 is 10.0 Å². The number of nitrogens with zero attached hydrogens (tertiary/aromatic N) is 3. The molecule has 0 bridgehead atoms. The van der Waals surface area contributed by atoms with Gasteiger partial charge in [0.05, 0.1) is 4.90 Å². The van der Waals surface area contributed by atoms with Crippen molar-refractivity contribution in [3.05, 3.63) is 40.3 Å². The molecule has 1 aromatic carbocycles. The van der Waals surface area contributed by atoms with Gasteiger partial charge in [-0.25, -0.2) is 8.42 Å². The first kappa shape index (κ1) is 10.8. The van der Waals surface area contributed by atoms with Gasteiger partial charge in [0.2, 0.25) is 0 Å². The molecule has 0 saturated carbocycles. The van der Waals surface area contributed by atoms with Gasteiger partial charge >= 0.3 is 0 Å². The van der Waals surface area contributed by atoms with Crippen molar-refractivity contribution >= 4 is 21.6 Å². The van der Waals surface area contributed by atoms with Crippen LogP contribution in [-0.4, -0.2) is 8.42 Å². The van der Waals surface area contributed by atoms with Crippen LogP contribution in [0.3, 0.4) is 0 Å². The molecule has 0 unspecified atom stereocenters. The highest BCUT2D eigenvalue weighted by Crippen LogP contribution is 2.14. The lowest BCUT2D eigenvalue weighted by atomic mass is 10.2. The van der Waals surface area contributed by atoms with Crippen molar-refractivity contribution in [2.24, 2.45) is 4.52 Å². The van der Waals surface area contributed by atoms with Gasteiger partial charge in [-0.15, -0.1) is 11.6 Å². The van der Waals surface area contributed by atoms with Crippen LogP contribution in [0.2, 0.25) is 0 Å². The lowest BCUT2D eigenvalue weighted by molar-refractivity contribution is 0.597. The molecule has 0 N–H and O–H groups in total. The van der Waals surface area contributed by atoms with Crippen molar-refractivity contribution in [2.45, 2.75) is 10.8 Å². The molecular formula is C7H6ClN3O2S. The number of hydrogen-bond acceptors (Lipinski definition) is 2. The topological polar surface area (TPSA) is 82.9 Å². The zero-order valence-corrected chi connectivity index (χ0v) is 8.53. The van der Waals surface area contributed by atoms with Crippen LogP contribution in [-0.2, 0) is 15.9 Å². The highest BCUT2D eigenvalue weighted by Gasteiger charge is 2.10. The Kier molecular flexibility index (Phi) is 3.35. The van der Waals surface area contributed by atoms with E-state index in [0.29, 0.717) is 5.88 Å². The van der Waals surface area contributed by atoms with E-state index in [2.05, 4.69) is 9.43 Å². The summed E-state index contributed by atoms with van der Waals surface area (Å²) in [6.07, 6.45) is 0. The fourth-order valence-electron chi connectivity index (χ4n) is 0.846. The van der Waals surface area contributed by atoms with Gasteiger partial charge in [0, 0.05) is 15.3 Å². The second kappa shape index (κ2) is 4.32. The summed E-state index contributed by atoms with van der Waals surface area (Å²) in [5.74, 6) is 0.307. The van der Waals surface area contributed by atoms with Crippen molar-refractivity contribution in [3.8, 4) is 0 Å². The molecule has 0 fully saturated rings. The van der Waals surface area contributed by atoms with E-state index >= 15 is 0 Å². The minimum atomic E-state index is -3.87. The smallest absolute Gasteiger partial charge is 0.216 e. The number of sulfonamides is 1. The second-order valence-corrected chi connectivity index (χ2v) is 4.28. The van der Waals surface area contributed by atoms with Gasteiger partial charge < -0.3 is 0 Å². The van der Waals surface area contributed by atoms with Crippen LogP contribution in [0.1, 0.15) is 5.56 Å². The average Bonchev–Trinajstić information content (AvgIpc) is 2.18. The van der Waals surface area contributed by atoms with E-state index in [9.17, 15) is 8.42 Å². The van der Waals surface area contributed by atoms with Gasteiger partial charge in [0.25, 0.3) is 10.0 Å². The van der Waals surface area contributed by atoms with Crippen LogP contribution in [0.25, 0.3) is 10.4 Å². The number of azide groups is 1. The molecule has 74 valence electrons. The van der Waals surface area contributed by atoms with Gasteiger partial charge in [0.15, 0.2) is 0 Å². The predicted molar refractivity (Wildman–Crippen MR) is 52.3 cm³/mol. The van der Waals surface area contributed by atoms with E-state index in [4.69, 9.17) is 17.1 Å². The van der Waals surface area contributed by atoms with Crippen LogP contribution in [0.4, 0.5) is 0 Å². The Balaban J connectivity index is 3.16. The zero-order valence-electron chi connectivity index (χ0n) is 6.96. The van der Waals surface area contributed by atoms with E-state index in [1.165, 1.54) is 12.1 Å². The summed E-state index contributed by atoms with van der Waals surface area (Å²) < 4.78 is 25.1. The molecule has 0 heterocycles. The Bertz CT molecular complexity index is 462. The highest BCUT2D eigenvalue weighted by atomic mass is 35.5. The number of hydrogen-bond donors (Lipinski definition) is 0. The number of halogens is 1. The Labute approximate surface area is 86.0 Å². The summed E-state index contributed by atoms with van der Waals surface area (Å²) >= 11 is 5.52. The lowest BCUT2D eigenvalue weighted by Crippen LogP contribution is -1.94. The molecule has 7 heteroatoms. The Morgan fingerprint density at radius 2 is 1.93 bits per heavy atom. The van der Waals surface area contributed by atoms with Crippen molar-refractivity contribution < 1.29 is 8.42 Å². The summed E-state index contributed by atoms with van der Waals surface area (Å²) in [5.41, 5.74) is 8.82. The molecule has 1 aromatic rings. The quantitative estimate of drug-likeness (QED) is 0.346. The van der Waals surface area contributed by atoms with Crippen LogP contribution in [0.15, 0.2) is 33.7 Å². The minimum absolute atomic E-state index is 0.0378. The fraction of sp³-hybridized carbons (Fsp3) is 0.143. The number of benzene rings is 1. The Morgan fingerprint density at radius 1 is 1.36 bits per heavy atom. The maximum atomic E-state index is 11.2. The van der Waals surface area contributed by atoms with Crippen LogP contribution >= 0.6 is 11.6 Å². The number of alkyl halides is 1. The first-order valence-electron chi connectivity index (χ1n) is 3.56. The van der Waals surface area contributed by atoms with Crippen LogP contribution < -0.4 is 0 Å². The molecule has 14 heavy (non-hydrogen) atoms. The van der Waals surface area contributed by atoms with Crippen molar-refractivity contribution in [2.75, 3.05) is 0 Å². The van der Waals surface area contributed by atoms with Gasteiger partial charge in [-0.3, -0.25) is 0 Å². The molecule has 0 spiro atoms. The first-order chi connectivity index (χ1) is 6.60. The van der Waals surface area contributed by atoms with Gasteiger partial charge in [0.1, 0.15) is 0 Å². The lowest BCUT2D eigenvalue weighted by Gasteiger charge is -1.98. The summed E-state index contributed by atoms with van der Waals surface area (Å²) in [7, 11) is -3.87. The second-order valence-electron chi connectivity index (χ2n) is 2.42. The molecule has 1 rings (SSSR count). The summed E-state index contributed by atoms with van der Waals surface area (Å²) in [6.45, 7) is 0. The van der Waals surface area contributed by atoms with Gasteiger partial charge in [-0.1, -0.05) is 12.1 Å². The molecule has 0 aliphatic rings. The van der Waals surface area contributed by atoms with E-state index in [-0.39, 0.29) is 4.90 Å². The third kappa shape index (κ3) is 2.38. The average molecular weight is 232 g/mol. The predicted octanol–water partition coefficient (Wildman–Crippen LogP) is 2.42. The molecule has 0 aliphatic heterocycles. The minimum Gasteiger partial charge on any atom is -0.216 e. The molecule has 0 atom stereocenters. The monoisotopic (exact) mass is 231 g/mol. The summed E-state index contributed by atoms with van der Waals surface area (Å²) in [5, 5.41) is 0. The maximum Gasteiger partial charge on any atom is 0.264 e. The van der Waals surface area contributed by atoms with E-state index in [1.807, 2.05) is 0 Å². The molecule has 0 aliphatic carbocycles. The molecule has 0 saturated heterocycles. The normalized spacial score (nSPS) is 10.6. The SMILES string of the molecule is [N-]=[N+]=NS(=O)(=O)c1ccc(CCl)cc1. The van der Waals surface area contributed by atoms with Gasteiger partial charge in [-0.05, 0) is 23.2 Å². The third-order valence-electron chi connectivity index (χ3n) is 1.52. The molecule has 0 aromatic heterocycles. The van der Waals surface area contributed by atoms with Crippen molar-refractivity contribution in [1.29, 1.82) is 0 Å². The molecule has 5 nitrogen and oxygen atoms in total. The van der Waals surface area contributed by atoms with Crippen molar-refractivity contribution in [1.82, 2.24) is 0 Å². The van der Waals surface area contributed by atoms with E-state index in [1.54, 1.807) is 12.1 Å². The van der Waals surface area contributed by atoms with Crippen LogP contribution in [0.5, 0.6) is 0 Å². The largest absolute Gasteiger partial charge is 0.264 e. The molecule has 0 radical (unpaired) electrons. The fourth-order valence-corrected chi connectivity index (χ4v) is 1.69. The standard InChI is InChI=1S/C7H6ClN3O2S/c8-5-6-1-3-7(4-2-6)14(12,13)11-10-9/h1-4H,5H2. The Hall–Kier alpha value is -1.23. The van der Waals surface area contributed by atoms with Crippen molar-refractivity contribution in [3.63, 3.8) is 0 Å². The van der Waals surface area contributed by atoms with Crippen LogP contribution in [0, 0.1) is 0 Å². The van der Waals surface area contributed by atoms with E-state index in [0.717, 1.165) is 5.56 Å². The highest BCUT2D eigenvalue weighted by molar-refractivity contribution is 7.90. The van der Waals surface area contributed by atoms with Gasteiger partial charge in [-0.2, -0.15) is 0 Å². The summed E-state index contributed by atoms with van der Waals surface area (Å²) in [6, 6.07) is 5.82. The maximum absolute atomic E-state index is 11.2. The third-order valence-corrected chi connectivity index (χ3v) is 2.98. The molecular weight excluding hydrogens is 226 g/mol. The summed E-state index contributed by atoms with van der Waals surface area (Å²) in [4.78, 5) is 2.20. The number of rotatable bonds is 3. The Morgan fingerprint density at radius 3 is 2.36 bits per heavy atom. The molecule has 0 amide bonds. The zero-order chi connectivity index (χ0) is 10.6. The first-order valence-corrected chi connectivity index (χ1v) is 5.54.